The average Bonchev–Trinajstić information content (AvgIpc) is 3.25. The molecule has 1 aromatic carbocycles. The maximum absolute atomic E-state index is 5.41. The fourth-order valence-corrected chi connectivity index (χ4v) is 2.54. The molecule has 0 aliphatic carbocycles. The number of fused-ring (bicyclic) bond motifs is 1. The van der Waals surface area contributed by atoms with E-state index in [0.717, 1.165) is 34.7 Å². The largest absolute Gasteiger partial charge is 0.353 e. The minimum Gasteiger partial charge on any atom is -0.353 e. The van der Waals surface area contributed by atoms with Crippen LogP contribution < -0.4 is 0 Å². The third kappa shape index (κ3) is 1.92. The monoisotopic (exact) mass is 293 g/mol. The number of rotatable bonds is 3. The molecule has 110 valence electrons. The van der Waals surface area contributed by atoms with Crippen LogP contribution in [0.15, 0.2) is 47.5 Å². The van der Waals surface area contributed by atoms with Gasteiger partial charge in [-0.05, 0) is 24.6 Å². The quantitative estimate of drug-likeness (QED) is 0.582. The summed E-state index contributed by atoms with van der Waals surface area (Å²) in [6.07, 6.45) is 6.33. The van der Waals surface area contributed by atoms with Crippen molar-refractivity contribution in [2.24, 2.45) is 7.05 Å². The van der Waals surface area contributed by atoms with E-state index in [1.54, 1.807) is 6.20 Å². The van der Waals surface area contributed by atoms with Gasteiger partial charge in [0.25, 0.3) is 0 Å². The highest BCUT2D eigenvalue weighted by atomic mass is 16.5. The summed E-state index contributed by atoms with van der Waals surface area (Å²) < 4.78 is 9.40. The Morgan fingerprint density at radius 1 is 1.18 bits per heavy atom. The van der Waals surface area contributed by atoms with Crippen molar-refractivity contribution >= 4 is 11.0 Å². The minimum atomic E-state index is 0.673. The van der Waals surface area contributed by atoms with Crippen LogP contribution in [-0.4, -0.2) is 24.3 Å². The van der Waals surface area contributed by atoms with Crippen molar-refractivity contribution in [2.45, 2.75) is 13.3 Å². The zero-order chi connectivity index (χ0) is 15.1. The van der Waals surface area contributed by atoms with Crippen molar-refractivity contribution in [3.8, 4) is 17.3 Å². The highest BCUT2D eigenvalue weighted by molar-refractivity contribution is 5.78. The van der Waals surface area contributed by atoms with Crippen LogP contribution in [-0.2, 0) is 13.5 Å². The van der Waals surface area contributed by atoms with Gasteiger partial charge in [-0.15, -0.1) is 0 Å². The second kappa shape index (κ2) is 4.84. The number of aryl methyl sites for hydroxylation is 2. The molecule has 0 bridgehead atoms. The molecule has 0 aliphatic heterocycles. The van der Waals surface area contributed by atoms with Gasteiger partial charge in [-0.3, -0.25) is 4.57 Å². The lowest BCUT2D eigenvalue weighted by atomic mass is 10.2. The van der Waals surface area contributed by atoms with E-state index < -0.39 is 0 Å². The molecular weight excluding hydrogens is 278 g/mol. The van der Waals surface area contributed by atoms with E-state index in [4.69, 9.17) is 4.52 Å². The summed E-state index contributed by atoms with van der Waals surface area (Å²) in [5, 5.41) is 4.04. The van der Waals surface area contributed by atoms with E-state index in [1.165, 1.54) is 0 Å². The van der Waals surface area contributed by atoms with Gasteiger partial charge in [-0.2, -0.15) is 0 Å². The predicted octanol–water partition coefficient (Wildman–Crippen LogP) is 2.98. The van der Waals surface area contributed by atoms with E-state index in [2.05, 4.69) is 21.2 Å². The molecule has 6 heteroatoms. The summed E-state index contributed by atoms with van der Waals surface area (Å²) >= 11 is 0. The van der Waals surface area contributed by atoms with Gasteiger partial charge in [0.2, 0.25) is 5.76 Å². The number of imidazole rings is 2. The zero-order valence-electron chi connectivity index (χ0n) is 12.4. The van der Waals surface area contributed by atoms with Crippen LogP contribution >= 0.6 is 0 Å². The summed E-state index contributed by atoms with van der Waals surface area (Å²) in [5.74, 6) is 1.42. The van der Waals surface area contributed by atoms with Gasteiger partial charge in [0.05, 0.1) is 23.1 Å². The van der Waals surface area contributed by atoms with Gasteiger partial charge in [-0.1, -0.05) is 12.1 Å². The molecule has 0 N–H and O–H groups in total. The van der Waals surface area contributed by atoms with E-state index in [0.29, 0.717) is 5.76 Å². The zero-order valence-corrected chi connectivity index (χ0v) is 12.4. The van der Waals surface area contributed by atoms with Crippen molar-refractivity contribution in [3.63, 3.8) is 0 Å². The first-order valence-electron chi connectivity index (χ1n) is 7.17. The molecule has 0 saturated carbocycles. The van der Waals surface area contributed by atoms with Crippen molar-refractivity contribution in [3.05, 3.63) is 48.7 Å². The molecule has 0 atom stereocenters. The summed E-state index contributed by atoms with van der Waals surface area (Å²) in [6.45, 7) is 2.05. The van der Waals surface area contributed by atoms with E-state index in [-0.39, 0.29) is 0 Å². The molecule has 0 unspecified atom stereocenters. The molecule has 0 aliphatic rings. The maximum atomic E-state index is 5.41. The smallest absolute Gasteiger partial charge is 0.202 e. The maximum Gasteiger partial charge on any atom is 0.202 e. The molecule has 0 saturated heterocycles. The number of nitrogens with zero attached hydrogens (tertiary/aromatic N) is 5. The molecule has 4 aromatic rings. The summed E-state index contributed by atoms with van der Waals surface area (Å²) in [5.41, 5.74) is 3.98. The molecule has 6 nitrogen and oxygen atoms in total. The topological polar surface area (TPSA) is 61.7 Å². The number of hydrogen-bond acceptors (Lipinski definition) is 4. The molecule has 4 rings (SSSR count). The third-order valence-corrected chi connectivity index (χ3v) is 3.77. The van der Waals surface area contributed by atoms with Gasteiger partial charge in [0.1, 0.15) is 0 Å². The van der Waals surface area contributed by atoms with Crippen molar-refractivity contribution in [2.75, 3.05) is 0 Å². The Hall–Kier alpha value is -2.89. The Labute approximate surface area is 127 Å². The fraction of sp³-hybridized carbons (Fsp3) is 0.188. The predicted molar refractivity (Wildman–Crippen MR) is 82.7 cm³/mol. The third-order valence-electron chi connectivity index (χ3n) is 3.77. The second-order valence-corrected chi connectivity index (χ2v) is 5.19. The first-order chi connectivity index (χ1) is 10.8. The molecule has 3 heterocycles. The highest BCUT2D eigenvalue weighted by Gasteiger charge is 2.14. The number of aromatic nitrogens is 5. The Morgan fingerprint density at radius 3 is 2.91 bits per heavy atom. The van der Waals surface area contributed by atoms with Crippen LogP contribution in [0.3, 0.4) is 0 Å². The molecule has 0 fully saturated rings. The molecule has 0 spiro atoms. The summed E-state index contributed by atoms with van der Waals surface area (Å²) in [4.78, 5) is 8.75. The lowest BCUT2D eigenvalue weighted by Crippen LogP contribution is -1.96. The van der Waals surface area contributed by atoms with Crippen LogP contribution in [0.1, 0.15) is 12.6 Å². The van der Waals surface area contributed by atoms with Gasteiger partial charge in [-0.25, -0.2) is 9.97 Å². The lowest BCUT2D eigenvalue weighted by Gasteiger charge is -2.06. The highest BCUT2D eigenvalue weighted by Crippen LogP contribution is 2.24. The average molecular weight is 293 g/mol. The van der Waals surface area contributed by atoms with Crippen LogP contribution in [0.5, 0.6) is 0 Å². The Kier molecular flexibility index (Phi) is 2.82. The summed E-state index contributed by atoms with van der Waals surface area (Å²) in [7, 11) is 1.98. The molecule has 22 heavy (non-hydrogen) atoms. The first-order valence-corrected chi connectivity index (χ1v) is 7.17. The fourth-order valence-electron chi connectivity index (χ4n) is 2.54. The Bertz CT molecular complexity index is 946. The number of hydrogen-bond donors (Lipinski definition) is 0. The lowest BCUT2D eigenvalue weighted by molar-refractivity contribution is 0.421. The van der Waals surface area contributed by atoms with E-state index >= 15 is 0 Å². The van der Waals surface area contributed by atoms with Crippen LogP contribution in [0.25, 0.3) is 28.3 Å². The van der Waals surface area contributed by atoms with Crippen LogP contribution in [0.2, 0.25) is 0 Å². The first kappa shape index (κ1) is 12.8. The normalized spacial score (nSPS) is 11.4. The Balaban J connectivity index is 1.85. The molecule has 0 radical (unpaired) electrons. The summed E-state index contributed by atoms with van der Waals surface area (Å²) in [6, 6.07) is 8.05. The van der Waals surface area contributed by atoms with Crippen molar-refractivity contribution in [1.82, 2.24) is 24.3 Å². The SMILES string of the molecule is CCc1cc(-c2nccn2-c2ccc3ncn(C)c3c2)on1. The number of benzene rings is 1. The van der Waals surface area contributed by atoms with Crippen LogP contribution in [0.4, 0.5) is 0 Å². The second-order valence-electron chi connectivity index (χ2n) is 5.19. The van der Waals surface area contributed by atoms with E-state index in [9.17, 15) is 0 Å². The standard InChI is InChI=1S/C16H15N5O/c1-3-11-8-15(22-19-11)16-17-6-7-21(16)12-4-5-13-14(9-12)20(2)10-18-13/h4-10H,3H2,1-2H3. The van der Waals surface area contributed by atoms with Crippen molar-refractivity contribution < 1.29 is 4.52 Å². The van der Waals surface area contributed by atoms with Crippen molar-refractivity contribution in [1.29, 1.82) is 0 Å². The van der Waals surface area contributed by atoms with Gasteiger partial charge >= 0.3 is 0 Å². The van der Waals surface area contributed by atoms with E-state index in [1.807, 2.05) is 53.8 Å². The molecule has 3 aromatic heterocycles. The van der Waals surface area contributed by atoms with Crippen LogP contribution in [0, 0.1) is 0 Å². The minimum absolute atomic E-state index is 0.673. The molecule has 0 amide bonds. The van der Waals surface area contributed by atoms with Gasteiger partial charge in [0, 0.05) is 31.2 Å². The Morgan fingerprint density at radius 2 is 2.09 bits per heavy atom. The van der Waals surface area contributed by atoms with Gasteiger partial charge in [0.15, 0.2) is 5.82 Å². The molecular formula is C16H15N5O. The van der Waals surface area contributed by atoms with Gasteiger partial charge < -0.3 is 9.09 Å².